The Morgan fingerprint density at radius 3 is 3.10 bits per heavy atom. The molecule has 0 bridgehead atoms. The van der Waals surface area contributed by atoms with Crippen molar-refractivity contribution in [1.29, 1.82) is 0 Å². The smallest absolute Gasteiger partial charge is 0.272 e. The van der Waals surface area contributed by atoms with Gasteiger partial charge in [-0.1, -0.05) is 12.0 Å². The SMILES string of the molecule is CBOCc1cn(C)nn1. The Morgan fingerprint density at radius 2 is 2.60 bits per heavy atom. The van der Waals surface area contributed by atoms with Gasteiger partial charge in [-0.2, -0.15) is 0 Å². The van der Waals surface area contributed by atoms with Crippen molar-refractivity contribution in [1.82, 2.24) is 15.0 Å². The molecule has 0 unspecified atom stereocenters. The van der Waals surface area contributed by atoms with Crippen LogP contribution in [0, 0.1) is 0 Å². The maximum atomic E-state index is 5.12. The van der Waals surface area contributed by atoms with Gasteiger partial charge in [0.2, 0.25) is 0 Å². The monoisotopic (exact) mass is 139 g/mol. The molecule has 0 aliphatic heterocycles. The van der Waals surface area contributed by atoms with Crippen LogP contribution in [-0.2, 0) is 18.3 Å². The standard InChI is InChI=1S/C5H10BN3O/c1-6-10-4-5-3-9(2)8-7-5/h3,6H,4H2,1-2H3. The van der Waals surface area contributed by atoms with Crippen LogP contribution in [-0.4, -0.2) is 22.5 Å². The van der Waals surface area contributed by atoms with Gasteiger partial charge in [-0.05, 0) is 0 Å². The second-order valence-electron chi connectivity index (χ2n) is 2.02. The molecule has 0 aliphatic carbocycles. The van der Waals surface area contributed by atoms with Crippen molar-refractivity contribution in [3.05, 3.63) is 11.9 Å². The summed E-state index contributed by atoms with van der Waals surface area (Å²) in [6.45, 7) is 2.51. The van der Waals surface area contributed by atoms with Gasteiger partial charge in [0.15, 0.2) is 0 Å². The molecule has 1 aromatic heterocycles. The predicted molar refractivity (Wildman–Crippen MR) is 38.8 cm³/mol. The highest BCUT2D eigenvalue weighted by molar-refractivity contribution is 6.24. The Hall–Kier alpha value is -0.835. The topological polar surface area (TPSA) is 39.9 Å². The van der Waals surface area contributed by atoms with Crippen LogP contribution in [0.3, 0.4) is 0 Å². The molecule has 0 atom stereocenters. The molecule has 54 valence electrons. The summed E-state index contributed by atoms with van der Waals surface area (Å²) in [5, 5.41) is 7.60. The molecule has 0 amide bonds. The average Bonchev–Trinajstić information content (AvgIpc) is 2.31. The Bertz CT molecular complexity index is 201. The van der Waals surface area contributed by atoms with Gasteiger partial charge in [0.05, 0.1) is 12.8 Å². The van der Waals surface area contributed by atoms with Crippen LogP contribution in [0.4, 0.5) is 0 Å². The van der Waals surface area contributed by atoms with Crippen LogP contribution in [0.1, 0.15) is 5.69 Å². The number of rotatable bonds is 3. The molecule has 0 N–H and O–H groups in total. The molecule has 0 spiro atoms. The number of hydrogen-bond donors (Lipinski definition) is 0. The highest BCUT2D eigenvalue weighted by Gasteiger charge is 1.95. The molecule has 4 nitrogen and oxygen atoms in total. The zero-order valence-corrected chi connectivity index (χ0v) is 6.24. The van der Waals surface area contributed by atoms with Crippen molar-refractivity contribution in [2.75, 3.05) is 0 Å². The minimum atomic E-state index is 0.560. The van der Waals surface area contributed by atoms with E-state index in [2.05, 4.69) is 10.3 Å². The van der Waals surface area contributed by atoms with Crippen molar-refractivity contribution in [3.8, 4) is 0 Å². The number of nitrogens with zero attached hydrogens (tertiary/aromatic N) is 3. The first-order chi connectivity index (χ1) is 4.83. The molecule has 0 saturated heterocycles. The summed E-state index contributed by atoms with van der Waals surface area (Å²) >= 11 is 0. The first kappa shape index (κ1) is 7.27. The normalized spacial score (nSPS) is 9.80. The van der Waals surface area contributed by atoms with Gasteiger partial charge in [-0.3, -0.25) is 4.68 Å². The predicted octanol–water partition coefficient (Wildman–Crippen LogP) is -0.269. The van der Waals surface area contributed by atoms with Gasteiger partial charge in [0.1, 0.15) is 5.69 Å². The lowest BCUT2D eigenvalue weighted by Crippen LogP contribution is -1.94. The van der Waals surface area contributed by atoms with Crippen LogP contribution < -0.4 is 0 Å². The highest BCUT2D eigenvalue weighted by Crippen LogP contribution is 1.92. The molecule has 1 rings (SSSR count). The Labute approximate surface area is 60.5 Å². The minimum absolute atomic E-state index is 0.560. The second kappa shape index (κ2) is 3.36. The van der Waals surface area contributed by atoms with Crippen molar-refractivity contribution in [2.45, 2.75) is 13.4 Å². The molecule has 5 heteroatoms. The summed E-state index contributed by atoms with van der Waals surface area (Å²) in [6, 6.07) is 0. The van der Waals surface area contributed by atoms with Crippen LogP contribution in [0.15, 0.2) is 6.20 Å². The lowest BCUT2D eigenvalue weighted by Gasteiger charge is -1.92. The number of aryl methyl sites for hydroxylation is 1. The van der Waals surface area contributed by atoms with E-state index in [0.717, 1.165) is 13.2 Å². The van der Waals surface area contributed by atoms with Gasteiger partial charge >= 0.3 is 0 Å². The van der Waals surface area contributed by atoms with Gasteiger partial charge in [0.25, 0.3) is 7.48 Å². The molecule has 10 heavy (non-hydrogen) atoms. The first-order valence-corrected chi connectivity index (χ1v) is 3.26. The number of aromatic nitrogens is 3. The largest absolute Gasteiger partial charge is 0.434 e. The van der Waals surface area contributed by atoms with E-state index in [1.54, 1.807) is 4.68 Å². The maximum Gasteiger partial charge on any atom is 0.272 e. The summed E-state index contributed by atoms with van der Waals surface area (Å²) in [4.78, 5) is 0. The van der Waals surface area contributed by atoms with E-state index in [1.807, 2.05) is 20.1 Å². The molecular formula is C5H10BN3O. The fourth-order valence-electron chi connectivity index (χ4n) is 0.668. The van der Waals surface area contributed by atoms with Crippen LogP contribution >= 0.6 is 0 Å². The van der Waals surface area contributed by atoms with E-state index >= 15 is 0 Å². The molecule has 0 aliphatic rings. The van der Waals surface area contributed by atoms with Crippen molar-refractivity contribution >= 4 is 7.48 Å². The van der Waals surface area contributed by atoms with E-state index in [9.17, 15) is 0 Å². The molecule has 1 aromatic rings. The third-order valence-electron chi connectivity index (χ3n) is 1.10. The van der Waals surface area contributed by atoms with E-state index < -0.39 is 0 Å². The lowest BCUT2D eigenvalue weighted by molar-refractivity contribution is 0.321. The Morgan fingerprint density at radius 1 is 1.80 bits per heavy atom. The zero-order chi connectivity index (χ0) is 7.40. The van der Waals surface area contributed by atoms with Crippen LogP contribution in [0.25, 0.3) is 0 Å². The van der Waals surface area contributed by atoms with E-state index in [-0.39, 0.29) is 0 Å². The second-order valence-corrected chi connectivity index (χ2v) is 2.02. The molecule has 0 aromatic carbocycles. The van der Waals surface area contributed by atoms with E-state index in [1.165, 1.54) is 0 Å². The summed E-state index contributed by atoms with van der Waals surface area (Å²) in [5.74, 6) is 0. The van der Waals surface area contributed by atoms with Gasteiger partial charge in [0, 0.05) is 7.05 Å². The van der Waals surface area contributed by atoms with E-state index in [4.69, 9.17) is 4.65 Å². The third-order valence-corrected chi connectivity index (χ3v) is 1.10. The number of hydrogen-bond acceptors (Lipinski definition) is 3. The quantitative estimate of drug-likeness (QED) is 0.541. The Kier molecular flexibility index (Phi) is 2.45. The zero-order valence-electron chi connectivity index (χ0n) is 6.24. The van der Waals surface area contributed by atoms with Gasteiger partial charge in [-0.15, -0.1) is 5.10 Å². The fraction of sp³-hybridized carbons (Fsp3) is 0.600. The fourth-order valence-corrected chi connectivity index (χ4v) is 0.668. The molecular weight excluding hydrogens is 129 g/mol. The summed E-state index contributed by atoms with van der Waals surface area (Å²) in [5.41, 5.74) is 0.879. The van der Waals surface area contributed by atoms with Crippen molar-refractivity contribution in [3.63, 3.8) is 0 Å². The van der Waals surface area contributed by atoms with Crippen molar-refractivity contribution < 1.29 is 4.65 Å². The highest BCUT2D eigenvalue weighted by atomic mass is 16.4. The lowest BCUT2D eigenvalue weighted by atomic mass is 10.1. The molecule has 0 radical (unpaired) electrons. The molecule has 0 saturated carbocycles. The minimum Gasteiger partial charge on any atom is -0.434 e. The van der Waals surface area contributed by atoms with Crippen LogP contribution in [0.5, 0.6) is 0 Å². The maximum absolute atomic E-state index is 5.12. The third kappa shape index (κ3) is 1.84. The summed E-state index contributed by atoms with van der Waals surface area (Å²) in [6.07, 6.45) is 1.84. The molecule has 0 fully saturated rings. The first-order valence-electron chi connectivity index (χ1n) is 3.26. The summed E-state index contributed by atoms with van der Waals surface area (Å²) < 4.78 is 6.78. The van der Waals surface area contributed by atoms with Crippen molar-refractivity contribution in [2.24, 2.45) is 7.05 Å². The Balaban J connectivity index is 2.42. The van der Waals surface area contributed by atoms with Gasteiger partial charge in [-0.25, -0.2) is 0 Å². The summed E-state index contributed by atoms with van der Waals surface area (Å²) in [7, 11) is 2.55. The van der Waals surface area contributed by atoms with E-state index in [0.29, 0.717) is 6.61 Å². The van der Waals surface area contributed by atoms with Gasteiger partial charge < -0.3 is 4.65 Å². The average molecular weight is 139 g/mol. The molecule has 1 heterocycles. The van der Waals surface area contributed by atoms with Crippen LogP contribution in [0.2, 0.25) is 6.82 Å².